The number of aromatic nitrogens is 2. The summed E-state index contributed by atoms with van der Waals surface area (Å²) in [5, 5.41) is 2.96. The van der Waals surface area contributed by atoms with E-state index in [1.54, 1.807) is 0 Å². The van der Waals surface area contributed by atoms with Crippen LogP contribution in [0.5, 0.6) is 0 Å². The third-order valence-electron chi connectivity index (χ3n) is 5.30. The van der Waals surface area contributed by atoms with Crippen molar-refractivity contribution in [1.29, 1.82) is 0 Å². The van der Waals surface area contributed by atoms with E-state index < -0.39 is 0 Å². The van der Waals surface area contributed by atoms with Gasteiger partial charge < -0.3 is 19.7 Å². The molecule has 1 aromatic carbocycles. The Morgan fingerprint density at radius 1 is 1.15 bits per heavy atom. The molecular weight excluding hydrogens is 326 g/mol. The normalized spacial score (nSPS) is 16.3. The predicted octanol–water partition coefficient (Wildman–Crippen LogP) is 2.49. The summed E-state index contributed by atoms with van der Waals surface area (Å²) in [7, 11) is 2.08. The third-order valence-corrected chi connectivity index (χ3v) is 5.30. The lowest BCUT2D eigenvalue weighted by Gasteiger charge is -2.33. The number of nitrogens with zero attached hydrogens (tertiary/aromatic N) is 4. The number of benzene rings is 1. The molecule has 0 radical (unpaired) electrons. The van der Waals surface area contributed by atoms with E-state index >= 15 is 0 Å². The van der Waals surface area contributed by atoms with Gasteiger partial charge in [0.2, 0.25) is 5.91 Å². The summed E-state index contributed by atoms with van der Waals surface area (Å²) in [6, 6.07) is 5.99. The maximum Gasteiger partial charge on any atom is 0.224 e. The maximum absolute atomic E-state index is 11.8. The second-order valence-electron chi connectivity index (χ2n) is 7.11. The second-order valence-corrected chi connectivity index (χ2v) is 7.11. The SMILES string of the molecule is CCCC(=O)Nc1ccc2c(c1)nc(CCN1CCN(CC)CC1)n2C. The number of fused-ring (bicyclic) bond motifs is 1. The molecule has 1 amide bonds. The van der Waals surface area contributed by atoms with Gasteiger partial charge in [-0.05, 0) is 31.2 Å². The van der Waals surface area contributed by atoms with Crippen LogP contribution in [0.15, 0.2) is 18.2 Å². The van der Waals surface area contributed by atoms with E-state index in [4.69, 9.17) is 4.98 Å². The molecule has 6 heteroatoms. The molecule has 2 aromatic rings. The zero-order chi connectivity index (χ0) is 18.5. The van der Waals surface area contributed by atoms with E-state index in [2.05, 4.69) is 33.7 Å². The van der Waals surface area contributed by atoms with Crippen molar-refractivity contribution < 1.29 is 4.79 Å². The molecule has 1 fully saturated rings. The van der Waals surface area contributed by atoms with E-state index in [1.807, 2.05) is 25.1 Å². The Bertz CT molecular complexity index is 746. The molecule has 1 aliphatic rings. The highest BCUT2D eigenvalue weighted by Crippen LogP contribution is 2.20. The van der Waals surface area contributed by atoms with Crippen LogP contribution in [0.2, 0.25) is 0 Å². The van der Waals surface area contributed by atoms with E-state index in [-0.39, 0.29) is 5.91 Å². The van der Waals surface area contributed by atoms with Crippen LogP contribution in [0.1, 0.15) is 32.5 Å². The zero-order valence-corrected chi connectivity index (χ0v) is 16.3. The first-order valence-electron chi connectivity index (χ1n) is 9.80. The average Bonchev–Trinajstić information content (AvgIpc) is 2.96. The molecule has 0 spiro atoms. The van der Waals surface area contributed by atoms with Crippen LogP contribution in [-0.2, 0) is 18.3 Å². The van der Waals surface area contributed by atoms with Crippen LogP contribution in [0.25, 0.3) is 11.0 Å². The van der Waals surface area contributed by atoms with Crippen molar-refractivity contribution in [2.75, 3.05) is 44.6 Å². The number of carbonyl (C=O) groups excluding carboxylic acids is 1. The van der Waals surface area contributed by atoms with Gasteiger partial charge in [0, 0.05) is 58.3 Å². The van der Waals surface area contributed by atoms with Crippen molar-refractivity contribution in [1.82, 2.24) is 19.4 Å². The van der Waals surface area contributed by atoms with Crippen molar-refractivity contribution in [3.63, 3.8) is 0 Å². The first-order chi connectivity index (χ1) is 12.6. The Morgan fingerprint density at radius 2 is 1.88 bits per heavy atom. The highest BCUT2D eigenvalue weighted by atomic mass is 16.1. The van der Waals surface area contributed by atoms with Crippen LogP contribution in [0.4, 0.5) is 5.69 Å². The smallest absolute Gasteiger partial charge is 0.224 e. The second kappa shape index (κ2) is 8.64. The lowest BCUT2D eigenvalue weighted by molar-refractivity contribution is -0.116. The highest BCUT2D eigenvalue weighted by molar-refractivity contribution is 5.93. The van der Waals surface area contributed by atoms with E-state index in [0.717, 1.165) is 61.6 Å². The third kappa shape index (κ3) is 4.43. The number of amides is 1. The minimum absolute atomic E-state index is 0.0641. The molecule has 1 N–H and O–H groups in total. The molecule has 26 heavy (non-hydrogen) atoms. The molecule has 142 valence electrons. The Morgan fingerprint density at radius 3 is 2.58 bits per heavy atom. The topological polar surface area (TPSA) is 53.4 Å². The molecule has 6 nitrogen and oxygen atoms in total. The van der Waals surface area contributed by atoms with Gasteiger partial charge >= 0.3 is 0 Å². The fraction of sp³-hybridized carbons (Fsp3) is 0.600. The molecule has 1 aromatic heterocycles. The molecule has 1 saturated heterocycles. The lowest BCUT2D eigenvalue weighted by atomic mass is 10.2. The molecule has 0 unspecified atom stereocenters. The fourth-order valence-corrected chi connectivity index (χ4v) is 3.59. The minimum atomic E-state index is 0.0641. The maximum atomic E-state index is 11.8. The molecule has 0 aliphatic carbocycles. The van der Waals surface area contributed by atoms with Gasteiger partial charge in [0.05, 0.1) is 11.0 Å². The molecule has 0 atom stereocenters. The first-order valence-corrected chi connectivity index (χ1v) is 9.80. The molecule has 3 rings (SSSR count). The van der Waals surface area contributed by atoms with Gasteiger partial charge in [-0.2, -0.15) is 0 Å². The van der Waals surface area contributed by atoms with Crippen molar-refractivity contribution in [3.8, 4) is 0 Å². The summed E-state index contributed by atoms with van der Waals surface area (Å²) in [5.41, 5.74) is 2.90. The van der Waals surface area contributed by atoms with Crippen LogP contribution in [0.3, 0.4) is 0 Å². The van der Waals surface area contributed by atoms with Gasteiger partial charge in [-0.3, -0.25) is 4.79 Å². The zero-order valence-electron chi connectivity index (χ0n) is 16.3. The molecule has 1 aliphatic heterocycles. The lowest BCUT2D eigenvalue weighted by Crippen LogP contribution is -2.46. The number of imidazole rings is 1. The van der Waals surface area contributed by atoms with Crippen LogP contribution in [-0.4, -0.2) is 64.5 Å². The Labute approximate surface area is 156 Å². The first kappa shape index (κ1) is 18.9. The number of aryl methyl sites for hydroxylation is 1. The molecule has 0 saturated carbocycles. The van der Waals surface area contributed by atoms with Crippen molar-refractivity contribution in [3.05, 3.63) is 24.0 Å². The van der Waals surface area contributed by atoms with Crippen LogP contribution in [0, 0.1) is 0 Å². The van der Waals surface area contributed by atoms with Crippen molar-refractivity contribution in [2.24, 2.45) is 7.05 Å². The number of hydrogen-bond acceptors (Lipinski definition) is 4. The number of rotatable bonds is 7. The summed E-state index contributed by atoms with van der Waals surface area (Å²) >= 11 is 0. The summed E-state index contributed by atoms with van der Waals surface area (Å²) < 4.78 is 2.18. The van der Waals surface area contributed by atoms with Crippen LogP contribution < -0.4 is 5.32 Å². The molecule has 2 heterocycles. The number of anilines is 1. The Kier molecular flexibility index (Phi) is 6.27. The molecular formula is C20H31N5O. The summed E-state index contributed by atoms with van der Waals surface area (Å²) in [5.74, 6) is 1.17. The standard InChI is InChI=1S/C20H31N5O/c1-4-6-20(26)21-16-7-8-18-17(15-16)22-19(23(18)3)9-10-25-13-11-24(5-2)12-14-25/h7-8,15H,4-6,9-14H2,1-3H3,(H,21,26). The van der Waals surface area contributed by atoms with Crippen molar-refractivity contribution in [2.45, 2.75) is 33.1 Å². The highest BCUT2D eigenvalue weighted by Gasteiger charge is 2.16. The number of piperazine rings is 1. The van der Waals surface area contributed by atoms with Gasteiger partial charge in [0.15, 0.2) is 0 Å². The number of carbonyl (C=O) groups is 1. The number of nitrogens with one attached hydrogen (secondary N) is 1. The largest absolute Gasteiger partial charge is 0.331 e. The van der Waals surface area contributed by atoms with Gasteiger partial charge in [-0.25, -0.2) is 4.98 Å². The van der Waals surface area contributed by atoms with Crippen LogP contribution >= 0.6 is 0 Å². The van der Waals surface area contributed by atoms with Gasteiger partial charge in [-0.15, -0.1) is 0 Å². The van der Waals surface area contributed by atoms with Gasteiger partial charge in [0.1, 0.15) is 5.82 Å². The summed E-state index contributed by atoms with van der Waals surface area (Å²) in [6.07, 6.45) is 2.36. The number of hydrogen-bond donors (Lipinski definition) is 1. The molecule has 0 bridgehead atoms. The van der Waals surface area contributed by atoms with Gasteiger partial charge in [0.25, 0.3) is 0 Å². The van der Waals surface area contributed by atoms with E-state index in [9.17, 15) is 4.79 Å². The number of likely N-dealkylation sites (N-methyl/N-ethyl adjacent to an activating group) is 1. The Balaban J connectivity index is 1.64. The Hall–Kier alpha value is -1.92. The fourth-order valence-electron chi connectivity index (χ4n) is 3.59. The van der Waals surface area contributed by atoms with E-state index in [1.165, 1.54) is 13.1 Å². The summed E-state index contributed by atoms with van der Waals surface area (Å²) in [4.78, 5) is 21.6. The average molecular weight is 358 g/mol. The summed E-state index contributed by atoms with van der Waals surface area (Å²) in [6.45, 7) is 11.1. The van der Waals surface area contributed by atoms with Crippen molar-refractivity contribution >= 4 is 22.6 Å². The predicted molar refractivity (Wildman–Crippen MR) is 107 cm³/mol. The van der Waals surface area contributed by atoms with E-state index in [0.29, 0.717) is 6.42 Å². The van der Waals surface area contributed by atoms with Gasteiger partial charge in [-0.1, -0.05) is 13.8 Å². The minimum Gasteiger partial charge on any atom is -0.331 e. The quantitative estimate of drug-likeness (QED) is 0.827. The monoisotopic (exact) mass is 357 g/mol.